The van der Waals surface area contributed by atoms with Crippen molar-refractivity contribution in [1.29, 1.82) is 0 Å². The van der Waals surface area contributed by atoms with Crippen molar-refractivity contribution in [2.24, 2.45) is 5.92 Å². The standard InChI is InChI=1S/C20H26N2O/c1-16(2)14-22-12-6-9-19(22)18-10-11-20(21-13-18)23-15-17-7-4-3-5-8-17/h3-5,7-8,10-11,13,16,19H,6,9,12,14-15H2,1-2H3. The Morgan fingerprint density at radius 2 is 2.00 bits per heavy atom. The van der Waals surface area contributed by atoms with Gasteiger partial charge in [0.1, 0.15) is 6.61 Å². The van der Waals surface area contributed by atoms with E-state index in [4.69, 9.17) is 4.74 Å². The summed E-state index contributed by atoms with van der Waals surface area (Å²) in [6.07, 6.45) is 4.51. The summed E-state index contributed by atoms with van der Waals surface area (Å²) in [5.74, 6) is 1.41. The number of benzene rings is 1. The first-order valence-electron chi connectivity index (χ1n) is 8.59. The van der Waals surface area contributed by atoms with Crippen LogP contribution in [-0.4, -0.2) is 23.0 Å². The zero-order chi connectivity index (χ0) is 16.1. The van der Waals surface area contributed by atoms with Crippen LogP contribution in [0.15, 0.2) is 48.7 Å². The van der Waals surface area contributed by atoms with E-state index in [2.05, 4.69) is 41.9 Å². The third-order valence-corrected chi connectivity index (χ3v) is 4.34. The number of ether oxygens (including phenoxy) is 1. The number of pyridine rings is 1. The van der Waals surface area contributed by atoms with Crippen molar-refractivity contribution in [3.05, 3.63) is 59.8 Å². The summed E-state index contributed by atoms with van der Waals surface area (Å²) >= 11 is 0. The molecule has 122 valence electrons. The van der Waals surface area contributed by atoms with Gasteiger partial charge in [0, 0.05) is 24.8 Å². The molecule has 0 saturated carbocycles. The summed E-state index contributed by atoms with van der Waals surface area (Å²) < 4.78 is 5.78. The molecule has 1 fully saturated rings. The van der Waals surface area contributed by atoms with Crippen LogP contribution in [0.2, 0.25) is 0 Å². The second-order valence-corrected chi connectivity index (χ2v) is 6.75. The fourth-order valence-electron chi connectivity index (χ4n) is 3.30. The quantitative estimate of drug-likeness (QED) is 0.788. The monoisotopic (exact) mass is 310 g/mol. The topological polar surface area (TPSA) is 25.4 Å². The lowest BCUT2D eigenvalue weighted by Gasteiger charge is -2.26. The van der Waals surface area contributed by atoms with Gasteiger partial charge in [-0.15, -0.1) is 0 Å². The molecular weight excluding hydrogens is 284 g/mol. The van der Waals surface area contributed by atoms with Gasteiger partial charge in [-0.05, 0) is 36.4 Å². The number of rotatable bonds is 6. The maximum atomic E-state index is 5.78. The molecule has 2 heterocycles. The van der Waals surface area contributed by atoms with Gasteiger partial charge in [-0.2, -0.15) is 0 Å². The number of aromatic nitrogens is 1. The van der Waals surface area contributed by atoms with E-state index in [1.807, 2.05) is 30.5 Å². The first-order valence-corrected chi connectivity index (χ1v) is 8.59. The van der Waals surface area contributed by atoms with Gasteiger partial charge in [0.05, 0.1) is 0 Å². The van der Waals surface area contributed by atoms with Crippen LogP contribution in [-0.2, 0) is 6.61 Å². The highest BCUT2D eigenvalue weighted by Crippen LogP contribution is 2.32. The van der Waals surface area contributed by atoms with Crippen molar-refractivity contribution < 1.29 is 4.74 Å². The summed E-state index contributed by atoms with van der Waals surface area (Å²) in [6.45, 7) is 7.50. The summed E-state index contributed by atoms with van der Waals surface area (Å²) in [5, 5.41) is 0. The van der Waals surface area contributed by atoms with E-state index in [1.165, 1.54) is 24.9 Å². The van der Waals surface area contributed by atoms with Gasteiger partial charge in [-0.3, -0.25) is 4.90 Å². The molecule has 0 radical (unpaired) electrons. The number of hydrogen-bond acceptors (Lipinski definition) is 3. The predicted molar refractivity (Wildman–Crippen MR) is 93.4 cm³/mol. The molecule has 0 spiro atoms. The molecule has 1 unspecified atom stereocenters. The van der Waals surface area contributed by atoms with Crippen LogP contribution in [0.25, 0.3) is 0 Å². The summed E-state index contributed by atoms with van der Waals surface area (Å²) in [6, 6.07) is 14.9. The largest absolute Gasteiger partial charge is 0.473 e. The van der Waals surface area contributed by atoms with E-state index in [-0.39, 0.29) is 0 Å². The molecule has 1 atom stereocenters. The highest BCUT2D eigenvalue weighted by molar-refractivity contribution is 5.22. The molecule has 0 aliphatic carbocycles. The lowest BCUT2D eigenvalue weighted by atomic mass is 10.1. The van der Waals surface area contributed by atoms with Gasteiger partial charge in [0.2, 0.25) is 5.88 Å². The fraction of sp³-hybridized carbons (Fsp3) is 0.450. The smallest absolute Gasteiger partial charge is 0.213 e. The SMILES string of the molecule is CC(C)CN1CCCC1c1ccc(OCc2ccccc2)nc1. The lowest BCUT2D eigenvalue weighted by Crippen LogP contribution is -2.27. The van der Waals surface area contributed by atoms with Crippen molar-refractivity contribution in [2.45, 2.75) is 39.3 Å². The number of likely N-dealkylation sites (tertiary alicyclic amines) is 1. The van der Waals surface area contributed by atoms with Crippen molar-refractivity contribution in [3.8, 4) is 5.88 Å². The van der Waals surface area contributed by atoms with Crippen LogP contribution >= 0.6 is 0 Å². The summed E-state index contributed by atoms with van der Waals surface area (Å²) in [7, 11) is 0. The highest BCUT2D eigenvalue weighted by Gasteiger charge is 2.26. The average Bonchev–Trinajstić information content (AvgIpc) is 3.02. The van der Waals surface area contributed by atoms with E-state index in [9.17, 15) is 0 Å². The van der Waals surface area contributed by atoms with E-state index in [1.54, 1.807) is 0 Å². The Kier molecular flexibility index (Phi) is 5.29. The van der Waals surface area contributed by atoms with Gasteiger partial charge in [-0.25, -0.2) is 4.98 Å². The molecule has 0 amide bonds. The Labute approximate surface area is 139 Å². The lowest BCUT2D eigenvalue weighted by molar-refractivity contribution is 0.228. The number of hydrogen-bond donors (Lipinski definition) is 0. The molecule has 1 aromatic heterocycles. The minimum absolute atomic E-state index is 0.521. The Hall–Kier alpha value is -1.87. The van der Waals surface area contributed by atoms with Crippen LogP contribution in [0.4, 0.5) is 0 Å². The molecule has 1 aromatic carbocycles. The first kappa shape index (κ1) is 16.0. The summed E-state index contributed by atoms with van der Waals surface area (Å²) in [5.41, 5.74) is 2.48. The van der Waals surface area contributed by atoms with Gasteiger partial charge in [0.15, 0.2) is 0 Å². The summed E-state index contributed by atoms with van der Waals surface area (Å²) in [4.78, 5) is 7.09. The Balaban J connectivity index is 1.60. The third kappa shape index (κ3) is 4.32. The van der Waals surface area contributed by atoms with Crippen LogP contribution in [0.1, 0.15) is 43.9 Å². The average molecular weight is 310 g/mol. The molecular formula is C20H26N2O. The maximum Gasteiger partial charge on any atom is 0.213 e. The highest BCUT2D eigenvalue weighted by atomic mass is 16.5. The van der Waals surface area contributed by atoms with Crippen LogP contribution in [0, 0.1) is 5.92 Å². The second-order valence-electron chi connectivity index (χ2n) is 6.75. The zero-order valence-electron chi connectivity index (χ0n) is 14.1. The van der Waals surface area contributed by atoms with Crippen LogP contribution in [0.5, 0.6) is 5.88 Å². The molecule has 1 aliphatic heterocycles. The Morgan fingerprint density at radius 3 is 2.70 bits per heavy atom. The molecule has 0 N–H and O–H groups in total. The molecule has 23 heavy (non-hydrogen) atoms. The zero-order valence-corrected chi connectivity index (χ0v) is 14.1. The van der Waals surface area contributed by atoms with Gasteiger partial charge >= 0.3 is 0 Å². The van der Waals surface area contributed by atoms with Crippen molar-refractivity contribution in [3.63, 3.8) is 0 Å². The second kappa shape index (κ2) is 7.60. The van der Waals surface area contributed by atoms with Crippen molar-refractivity contribution in [1.82, 2.24) is 9.88 Å². The first-order chi connectivity index (χ1) is 11.2. The molecule has 1 saturated heterocycles. The Morgan fingerprint density at radius 1 is 1.17 bits per heavy atom. The molecule has 3 rings (SSSR count). The van der Waals surface area contributed by atoms with Crippen molar-refractivity contribution >= 4 is 0 Å². The van der Waals surface area contributed by atoms with E-state index < -0.39 is 0 Å². The van der Waals surface area contributed by atoms with E-state index in [0.29, 0.717) is 24.4 Å². The van der Waals surface area contributed by atoms with E-state index in [0.717, 1.165) is 12.1 Å². The van der Waals surface area contributed by atoms with Crippen molar-refractivity contribution in [2.75, 3.05) is 13.1 Å². The van der Waals surface area contributed by atoms with Gasteiger partial charge < -0.3 is 4.74 Å². The Bertz CT molecular complexity index is 595. The molecule has 0 bridgehead atoms. The fourth-order valence-corrected chi connectivity index (χ4v) is 3.30. The third-order valence-electron chi connectivity index (χ3n) is 4.34. The number of nitrogens with zero attached hydrogens (tertiary/aromatic N) is 2. The van der Waals surface area contributed by atoms with E-state index >= 15 is 0 Å². The normalized spacial score (nSPS) is 18.5. The maximum absolute atomic E-state index is 5.78. The van der Waals surface area contributed by atoms with Gasteiger partial charge in [0.25, 0.3) is 0 Å². The molecule has 1 aliphatic rings. The predicted octanol–water partition coefficient (Wildman–Crippen LogP) is 4.45. The molecule has 2 aromatic rings. The molecule has 3 nitrogen and oxygen atoms in total. The van der Waals surface area contributed by atoms with Crippen LogP contribution in [0.3, 0.4) is 0 Å². The molecule has 3 heteroatoms. The minimum Gasteiger partial charge on any atom is -0.473 e. The van der Waals surface area contributed by atoms with Gasteiger partial charge in [-0.1, -0.05) is 50.2 Å². The van der Waals surface area contributed by atoms with Crippen LogP contribution < -0.4 is 4.74 Å². The minimum atomic E-state index is 0.521.